The number of aromatic nitrogens is 2. The van der Waals surface area contributed by atoms with Gasteiger partial charge in [-0.15, -0.1) is 0 Å². The SMILES string of the molecule is CC1CN(C)CCCN1S(=O)(=O)c1[nH]ncc1CN. The molecule has 8 heteroatoms. The molecule has 0 aliphatic carbocycles. The van der Waals surface area contributed by atoms with E-state index in [-0.39, 0.29) is 17.6 Å². The largest absolute Gasteiger partial charge is 0.326 e. The third-order valence-corrected chi connectivity index (χ3v) is 5.48. The van der Waals surface area contributed by atoms with E-state index in [9.17, 15) is 8.42 Å². The second kappa shape index (κ2) is 5.58. The van der Waals surface area contributed by atoms with Gasteiger partial charge in [-0.3, -0.25) is 5.10 Å². The maximum Gasteiger partial charge on any atom is 0.260 e. The van der Waals surface area contributed by atoms with Gasteiger partial charge in [-0.2, -0.15) is 9.40 Å². The van der Waals surface area contributed by atoms with Crippen LogP contribution in [-0.4, -0.2) is 60.5 Å². The Bertz CT molecular complexity index is 527. The minimum absolute atomic E-state index is 0.0635. The topological polar surface area (TPSA) is 95.3 Å². The molecule has 2 rings (SSSR count). The minimum atomic E-state index is -3.55. The van der Waals surface area contributed by atoms with Crippen LogP contribution >= 0.6 is 0 Å². The zero-order valence-corrected chi connectivity index (χ0v) is 12.2. The number of rotatable bonds is 3. The maximum atomic E-state index is 12.7. The summed E-state index contributed by atoms with van der Waals surface area (Å²) in [7, 11) is -1.54. The molecule has 0 amide bonds. The summed E-state index contributed by atoms with van der Waals surface area (Å²) in [6, 6.07) is -0.0635. The van der Waals surface area contributed by atoms with Gasteiger partial charge in [0.1, 0.15) is 0 Å². The summed E-state index contributed by atoms with van der Waals surface area (Å²) in [5.41, 5.74) is 6.09. The lowest BCUT2D eigenvalue weighted by Gasteiger charge is -2.26. The molecule has 19 heavy (non-hydrogen) atoms. The molecule has 0 aromatic carbocycles. The predicted molar refractivity (Wildman–Crippen MR) is 71.9 cm³/mol. The van der Waals surface area contributed by atoms with Gasteiger partial charge in [0.15, 0.2) is 5.03 Å². The Morgan fingerprint density at radius 3 is 2.95 bits per heavy atom. The van der Waals surface area contributed by atoms with Gasteiger partial charge in [-0.1, -0.05) is 0 Å². The van der Waals surface area contributed by atoms with E-state index in [0.29, 0.717) is 12.1 Å². The van der Waals surface area contributed by atoms with E-state index in [4.69, 9.17) is 5.73 Å². The number of hydrogen-bond donors (Lipinski definition) is 2. The van der Waals surface area contributed by atoms with Crippen molar-refractivity contribution in [2.75, 3.05) is 26.7 Å². The van der Waals surface area contributed by atoms with Crippen molar-refractivity contribution >= 4 is 10.0 Å². The highest BCUT2D eigenvalue weighted by molar-refractivity contribution is 7.89. The molecule has 2 heterocycles. The summed E-state index contributed by atoms with van der Waals surface area (Å²) in [5.74, 6) is 0. The lowest BCUT2D eigenvalue weighted by atomic mass is 10.3. The number of nitrogens with one attached hydrogen (secondary N) is 1. The summed E-state index contributed by atoms with van der Waals surface area (Å²) in [5, 5.41) is 6.50. The van der Waals surface area contributed by atoms with Crippen LogP contribution in [0.15, 0.2) is 11.2 Å². The molecule has 1 aromatic rings. The highest BCUT2D eigenvalue weighted by Gasteiger charge is 2.33. The lowest BCUT2D eigenvalue weighted by Crippen LogP contribution is -2.42. The molecule has 108 valence electrons. The van der Waals surface area contributed by atoms with Gasteiger partial charge < -0.3 is 10.6 Å². The fourth-order valence-electron chi connectivity index (χ4n) is 2.49. The average Bonchev–Trinajstić information content (AvgIpc) is 2.76. The first-order valence-electron chi connectivity index (χ1n) is 6.39. The van der Waals surface area contributed by atoms with Crippen molar-refractivity contribution < 1.29 is 8.42 Å². The van der Waals surface area contributed by atoms with Crippen LogP contribution in [0.4, 0.5) is 0 Å². The molecular weight excluding hydrogens is 266 g/mol. The van der Waals surface area contributed by atoms with Crippen LogP contribution < -0.4 is 5.73 Å². The molecule has 0 bridgehead atoms. The van der Waals surface area contributed by atoms with E-state index in [2.05, 4.69) is 15.1 Å². The van der Waals surface area contributed by atoms with Gasteiger partial charge >= 0.3 is 0 Å². The molecule has 3 N–H and O–H groups in total. The zero-order chi connectivity index (χ0) is 14.0. The van der Waals surface area contributed by atoms with Crippen LogP contribution in [0.2, 0.25) is 0 Å². The van der Waals surface area contributed by atoms with E-state index < -0.39 is 10.0 Å². The van der Waals surface area contributed by atoms with Crippen molar-refractivity contribution in [3.8, 4) is 0 Å². The number of nitrogens with two attached hydrogens (primary N) is 1. The van der Waals surface area contributed by atoms with Crippen LogP contribution in [0.25, 0.3) is 0 Å². The molecule has 0 saturated carbocycles. The van der Waals surface area contributed by atoms with Crippen LogP contribution in [0, 0.1) is 0 Å². The summed E-state index contributed by atoms with van der Waals surface area (Å²) in [6.45, 7) is 4.25. The van der Waals surface area contributed by atoms with Crippen LogP contribution in [-0.2, 0) is 16.6 Å². The summed E-state index contributed by atoms with van der Waals surface area (Å²) < 4.78 is 26.9. The highest BCUT2D eigenvalue weighted by Crippen LogP contribution is 2.21. The third-order valence-electron chi connectivity index (χ3n) is 3.45. The number of H-pyrrole nitrogens is 1. The van der Waals surface area contributed by atoms with Crippen molar-refractivity contribution in [1.29, 1.82) is 0 Å². The van der Waals surface area contributed by atoms with E-state index in [1.807, 2.05) is 14.0 Å². The van der Waals surface area contributed by atoms with Gasteiger partial charge in [0, 0.05) is 31.2 Å². The Hall–Kier alpha value is -0.960. The highest BCUT2D eigenvalue weighted by atomic mass is 32.2. The molecule has 1 aliphatic rings. The second-order valence-electron chi connectivity index (χ2n) is 5.01. The van der Waals surface area contributed by atoms with Crippen LogP contribution in [0.5, 0.6) is 0 Å². The molecule has 1 saturated heterocycles. The van der Waals surface area contributed by atoms with Gasteiger partial charge in [0.25, 0.3) is 10.0 Å². The van der Waals surface area contributed by atoms with Crippen molar-refractivity contribution in [3.63, 3.8) is 0 Å². The maximum absolute atomic E-state index is 12.7. The van der Waals surface area contributed by atoms with E-state index in [1.54, 1.807) is 4.31 Å². The number of nitrogens with zero attached hydrogens (tertiary/aromatic N) is 3. The number of likely N-dealkylation sites (N-methyl/N-ethyl adjacent to an activating group) is 1. The molecule has 1 unspecified atom stereocenters. The molecule has 1 atom stereocenters. The average molecular weight is 287 g/mol. The normalized spacial score (nSPS) is 23.4. The Kier molecular flexibility index (Phi) is 4.24. The summed E-state index contributed by atoms with van der Waals surface area (Å²) in [4.78, 5) is 2.15. The Morgan fingerprint density at radius 2 is 2.26 bits per heavy atom. The third kappa shape index (κ3) is 2.81. The van der Waals surface area contributed by atoms with Crippen molar-refractivity contribution in [3.05, 3.63) is 11.8 Å². The van der Waals surface area contributed by atoms with Gasteiger partial charge in [-0.25, -0.2) is 8.42 Å². The molecule has 7 nitrogen and oxygen atoms in total. The molecule has 1 aromatic heterocycles. The summed E-state index contributed by atoms with van der Waals surface area (Å²) >= 11 is 0. The summed E-state index contributed by atoms with van der Waals surface area (Å²) in [6.07, 6.45) is 2.30. The van der Waals surface area contributed by atoms with Gasteiger partial charge in [-0.05, 0) is 26.9 Å². The standard InChI is InChI=1S/C11H21N5O2S/c1-9-8-15(2)4-3-5-16(9)19(17,18)11-10(6-12)7-13-14-11/h7,9H,3-6,8,12H2,1-2H3,(H,13,14). The number of hydrogen-bond acceptors (Lipinski definition) is 5. The zero-order valence-electron chi connectivity index (χ0n) is 11.3. The van der Waals surface area contributed by atoms with Crippen molar-refractivity contribution in [2.24, 2.45) is 5.73 Å². The van der Waals surface area contributed by atoms with Gasteiger partial charge in [0.2, 0.25) is 0 Å². The monoisotopic (exact) mass is 287 g/mol. The lowest BCUT2D eigenvalue weighted by molar-refractivity contribution is 0.290. The molecule has 0 spiro atoms. The number of aromatic amines is 1. The van der Waals surface area contributed by atoms with Gasteiger partial charge in [0.05, 0.1) is 6.20 Å². The Balaban J connectivity index is 2.33. The van der Waals surface area contributed by atoms with Crippen LogP contribution in [0.1, 0.15) is 18.9 Å². The van der Waals surface area contributed by atoms with Crippen molar-refractivity contribution in [2.45, 2.75) is 31.0 Å². The first-order chi connectivity index (χ1) is 8.96. The Morgan fingerprint density at radius 1 is 1.53 bits per heavy atom. The quantitative estimate of drug-likeness (QED) is 0.787. The van der Waals surface area contributed by atoms with E-state index in [0.717, 1.165) is 19.5 Å². The van der Waals surface area contributed by atoms with E-state index >= 15 is 0 Å². The number of sulfonamides is 1. The fourth-order valence-corrected chi connectivity index (χ4v) is 4.27. The van der Waals surface area contributed by atoms with Crippen molar-refractivity contribution in [1.82, 2.24) is 19.4 Å². The second-order valence-corrected chi connectivity index (χ2v) is 6.84. The smallest absolute Gasteiger partial charge is 0.260 e. The molecule has 1 fully saturated rings. The fraction of sp³-hybridized carbons (Fsp3) is 0.727. The molecule has 0 radical (unpaired) electrons. The first-order valence-corrected chi connectivity index (χ1v) is 7.83. The predicted octanol–water partition coefficient (Wildman–Crippen LogP) is -0.417. The Labute approximate surface area is 113 Å². The van der Waals surface area contributed by atoms with Crippen LogP contribution in [0.3, 0.4) is 0 Å². The molecule has 1 aliphatic heterocycles. The van der Waals surface area contributed by atoms with E-state index in [1.165, 1.54) is 6.20 Å². The first kappa shape index (κ1) is 14.4. The molecular formula is C11H21N5O2S. The minimum Gasteiger partial charge on any atom is -0.326 e.